The van der Waals surface area contributed by atoms with Gasteiger partial charge in [-0.15, -0.1) is 5.10 Å². The first-order valence-corrected chi connectivity index (χ1v) is 12.3. The molecule has 0 bridgehead atoms. The number of aromatic nitrogens is 2. The van der Waals surface area contributed by atoms with Crippen molar-refractivity contribution in [1.82, 2.24) is 10.2 Å². The van der Waals surface area contributed by atoms with Crippen molar-refractivity contribution in [1.29, 1.82) is 5.26 Å². The number of rotatable bonds is 7. The highest BCUT2D eigenvalue weighted by Crippen LogP contribution is 2.34. The quantitative estimate of drug-likeness (QED) is 0.486. The van der Waals surface area contributed by atoms with Crippen molar-refractivity contribution in [2.24, 2.45) is 0 Å². The lowest BCUT2D eigenvalue weighted by Gasteiger charge is -2.25. The number of nitriles is 1. The highest BCUT2D eigenvalue weighted by Gasteiger charge is 2.27. The molecular formula is C25H19N5O5S. The normalized spacial score (nSPS) is 14.6. The van der Waals surface area contributed by atoms with Gasteiger partial charge in [0.1, 0.15) is 12.5 Å². The Morgan fingerprint density at radius 1 is 1.06 bits per heavy atom. The first-order valence-electron chi connectivity index (χ1n) is 10.8. The Morgan fingerprint density at radius 3 is 2.61 bits per heavy atom. The predicted octanol–water partition coefficient (Wildman–Crippen LogP) is 4.77. The number of sulfonamides is 1. The SMILES string of the molecule is N#Cc1ccc(S(=O)(=O)Nc2ccccc2-c2nnc(N(C3=CC=CCC3)C3=COC=CO3)o2)cc1. The predicted molar refractivity (Wildman–Crippen MR) is 130 cm³/mol. The number of hydrogen-bond donors (Lipinski definition) is 1. The Bertz CT molecular complexity index is 1550. The van der Waals surface area contributed by atoms with E-state index in [0.717, 1.165) is 12.1 Å². The topological polar surface area (TPSA) is 131 Å². The molecule has 2 aliphatic rings. The molecule has 1 aromatic heterocycles. The summed E-state index contributed by atoms with van der Waals surface area (Å²) < 4.78 is 45.4. The van der Waals surface area contributed by atoms with E-state index >= 15 is 0 Å². The number of allylic oxidation sites excluding steroid dienone is 4. The molecule has 10 nitrogen and oxygen atoms in total. The third-order valence-electron chi connectivity index (χ3n) is 5.29. The molecule has 36 heavy (non-hydrogen) atoms. The average molecular weight is 502 g/mol. The smallest absolute Gasteiger partial charge is 0.330 e. The van der Waals surface area contributed by atoms with Gasteiger partial charge in [0.15, 0.2) is 6.26 Å². The summed E-state index contributed by atoms with van der Waals surface area (Å²) in [7, 11) is -3.94. The van der Waals surface area contributed by atoms with Crippen molar-refractivity contribution >= 4 is 21.7 Å². The molecule has 11 heteroatoms. The van der Waals surface area contributed by atoms with E-state index in [-0.39, 0.29) is 22.5 Å². The van der Waals surface area contributed by atoms with Gasteiger partial charge in [0.25, 0.3) is 15.9 Å². The van der Waals surface area contributed by atoms with Crippen molar-refractivity contribution < 1.29 is 22.3 Å². The zero-order valence-corrected chi connectivity index (χ0v) is 19.6. The highest BCUT2D eigenvalue weighted by molar-refractivity contribution is 7.92. The van der Waals surface area contributed by atoms with Crippen LogP contribution in [-0.2, 0) is 19.5 Å². The Kier molecular flexibility index (Phi) is 6.25. The molecule has 1 aliphatic carbocycles. The number of anilines is 2. The maximum atomic E-state index is 13.0. The molecule has 2 aromatic carbocycles. The first kappa shape index (κ1) is 22.9. The minimum Gasteiger partial charge on any atom is -0.464 e. The lowest BCUT2D eigenvalue weighted by molar-refractivity contribution is 0.247. The van der Waals surface area contributed by atoms with Gasteiger partial charge in [-0.2, -0.15) is 5.26 Å². The lowest BCUT2D eigenvalue weighted by Crippen LogP contribution is -2.24. The summed E-state index contributed by atoms with van der Waals surface area (Å²) in [6.45, 7) is 0. The van der Waals surface area contributed by atoms with Gasteiger partial charge in [-0.05, 0) is 55.3 Å². The fourth-order valence-electron chi connectivity index (χ4n) is 3.58. The van der Waals surface area contributed by atoms with E-state index in [1.54, 1.807) is 29.2 Å². The number of nitrogens with one attached hydrogen (secondary N) is 1. The molecule has 1 N–H and O–H groups in total. The van der Waals surface area contributed by atoms with E-state index in [4.69, 9.17) is 19.2 Å². The molecule has 180 valence electrons. The van der Waals surface area contributed by atoms with Crippen LogP contribution in [0.2, 0.25) is 0 Å². The largest absolute Gasteiger partial charge is 0.464 e. The monoisotopic (exact) mass is 501 g/mol. The number of benzene rings is 2. The summed E-state index contributed by atoms with van der Waals surface area (Å²) in [6, 6.07) is 14.4. The summed E-state index contributed by atoms with van der Waals surface area (Å²) >= 11 is 0. The van der Waals surface area contributed by atoms with Crippen molar-refractivity contribution in [3.05, 3.63) is 103 Å². The van der Waals surface area contributed by atoms with Crippen molar-refractivity contribution in [3.63, 3.8) is 0 Å². The van der Waals surface area contributed by atoms with Crippen LogP contribution in [0.4, 0.5) is 11.7 Å². The van der Waals surface area contributed by atoms with Crippen LogP contribution in [0.15, 0.2) is 106 Å². The summed E-state index contributed by atoms with van der Waals surface area (Å²) in [5, 5.41) is 17.3. The van der Waals surface area contributed by atoms with Gasteiger partial charge < -0.3 is 13.9 Å². The maximum Gasteiger partial charge on any atom is 0.330 e. The molecule has 5 rings (SSSR count). The van der Waals surface area contributed by atoms with Crippen molar-refractivity contribution in [2.45, 2.75) is 17.7 Å². The van der Waals surface area contributed by atoms with Crippen LogP contribution >= 0.6 is 0 Å². The second kappa shape index (κ2) is 9.81. The second-order valence-corrected chi connectivity index (χ2v) is 9.30. The molecule has 1 aliphatic heterocycles. The van der Waals surface area contributed by atoms with Gasteiger partial charge in [-0.3, -0.25) is 4.72 Å². The molecule has 2 heterocycles. The number of para-hydroxylation sites is 1. The molecule has 0 unspecified atom stereocenters. The Labute approximate surface area is 207 Å². The van der Waals surface area contributed by atoms with Crippen LogP contribution in [0, 0.1) is 11.3 Å². The van der Waals surface area contributed by atoms with E-state index in [1.807, 2.05) is 24.3 Å². The van der Waals surface area contributed by atoms with Gasteiger partial charge in [-0.25, -0.2) is 13.3 Å². The summed E-state index contributed by atoms with van der Waals surface area (Å²) in [4.78, 5) is 1.66. The van der Waals surface area contributed by atoms with Crippen molar-refractivity contribution in [2.75, 3.05) is 9.62 Å². The molecule has 0 spiro atoms. The third-order valence-corrected chi connectivity index (χ3v) is 6.67. The van der Waals surface area contributed by atoms with Gasteiger partial charge in [-0.1, -0.05) is 29.4 Å². The van der Waals surface area contributed by atoms with Crippen LogP contribution in [0.1, 0.15) is 18.4 Å². The van der Waals surface area contributed by atoms with Crippen LogP contribution in [0.3, 0.4) is 0 Å². The molecule has 0 saturated carbocycles. The molecule has 3 aromatic rings. The number of hydrogen-bond acceptors (Lipinski definition) is 9. The molecule has 0 fully saturated rings. The van der Waals surface area contributed by atoms with Crippen molar-refractivity contribution in [3.8, 4) is 17.5 Å². The number of ether oxygens (including phenoxy) is 2. The summed E-state index contributed by atoms with van der Waals surface area (Å²) in [6.07, 6.45) is 11.6. The average Bonchev–Trinajstić information content (AvgIpc) is 3.40. The second-order valence-electron chi connectivity index (χ2n) is 7.62. The third kappa shape index (κ3) is 4.70. The van der Waals surface area contributed by atoms with E-state index in [1.165, 1.54) is 43.1 Å². The molecule has 0 amide bonds. The van der Waals surface area contributed by atoms with Gasteiger partial charge >= 0.3 is 6.01 Å². The van der Waals surface area contributed by atoms with E-state index in [2.05, 4.69) is 14.9 Å². The van der Waals surface area contributed by atoms with E-state index in [9.17, 15) is 8.42 Å². The fourth-order valence-corrected chi connectivity index (χ4v) is 4.66. The fraction of sp³-hybridized carbons (Fsp3) is 0.0800. The Morgan fingerprint density at radius 2 is 1.89 bits per heavy atom. The van der Waals surface area contributed by atoms with Crippen LogP contribution in [-0.4, -0.2) is 18.6 Å². The minimum absolute atomic E-state index is 0.0143. The molecule has 0 atom stereocenters. The van der Waals surface area contributed by atoms with E-state index in [0.29, 0.717) is 23.4 Å². The molecular weight excluding hydrogens is 482 g/mol. The Balaban J connectivity index is 1.48. The number of nitrogens with zero attached hydrogens (tertiary/aromatic N) is 4. The van der Waals surface area contributed by atoms with Crippen LogP contribution in [0.25, 0.3) is 11.5 Å². The van der Waals surface area contributed by atoms with Gasteiger partial charge in [0.05, 0.1) is 27.8 Å². The Hall–Kier alpha value is -4.82. The first-order chi connectivity index (χ1) is 17.5. The van der Waals surface area contributed by atoms with Gasteiger partial charge in [0, 0.05) is 5.70 Å². The van der Waals surface area contributed by atoms with E-state index < -0.39 is 10.0 Å². The molecule has 0 radical (unpaired) electrons. The lowest BCUT2D eigenvalue weighted by atomic mass is 10.1. The summed E-state index contributed by atoms with van der Waals surface area (Å²) in [5.74, 6) is 0.442. The van der Waals surface area contributed by atoms with Crippen LogP contribution in [0.5, 0.6) is 0 Å². The molecule has 0 saturated heterocycles. The minimum atomic E-state index is -3.94. The zero-order valence-electron chi connectivity index (χ0n) is 18.7. The highest BCUT2D eigenvalue weighted by atomic mass is 32.2. The van der Waals surface area contributed by atoms with Crippen LogP contribution < -0.4 is 9.62 Å². The maximum absolute atomic E-state index is 13.0. The summed E-state index contributed by atoms with van der Waals surface area (Å²) in [5.41, 5.74) is 1.86. The zero-order chi connectivity index (χ0) is 25.0. The standard InChI is InChI=1S/C25H19N5O5S/c26-16-18-10-12-20(13-11-18)36(31,32)29-22-9-5-4-8-21(22)24-27-28-25(35-24)30(19-6-2-1-3-7-19)23-17-33-14-15-34-23/h1-2,4-6,8-15,17,29H,3,7H2. The van der Waals surface area contributed by atoms with Gasteiger partial charge in [0.2, 0.25) is 5.88 Å².